The number of alkyl halides is 2. The predicted octanol–water partition coefficient (Wildman–Crippen LogP) is 2.56. The maximum absolute atomic E-state index is 12.5. The number of pyridine rings is 1. The van der Waals surface area contributed by atoms with Crippen LogP contribution < -0.4 is 4.74 Å². The first kappa shape index (κ1) is 13.8. The highest BCUT2D eigenvalue weighted by Gasteiger charge is 2.24. The van der Waals surface area contributed by atoms with Crippen LogP contribution in [0.5, 0.6) is 5.75 Å². The summed E-state index contributed by atoms with van der Waals surface area (Å²) in [5.74, 6) is -0.300. The second-order valence-corrected chi connectivity index (χ2v) is 6.12. The molecule has 0 aliphatic carbocycles. The van der Waals surface area contributed by atoms with E-state index >= 15 is 0 Å². The van der Waals surface area contributed by atoms with Crippen LogP contribution in [0.2, 0.25) is 0 Å². The molecule has 4 nitrogen and oxygen atoms in total. The lowest BCUT2D eigenvalue weighted by atomic mass is 10.3. The molecule has 0 atom stereocenters. The summed E-state index contributed by atoms with van der Waals surface area (Å²) in [6.07, 6.45) is -2.76. The van der Waals surface area contributed by atoms with Crippen LogP contribution in [0.1, 0.15) is 12.0 Å². The first-order valence-corrected chi connectivity index (χ1v) is 7.13. The third-order valence-electron chi connectivity index (χ3n) is 1.62. The summed E-state index contributed by atoms with van der Waals surface area (Å²) in [5.41, 5.74) is -0.401. The van der Waals surface area contributed by atoms with Crippen molar-refractivity contribution in [3.8, 4) is 5.75 Å². The summed E-state index contributed by atoms with van der Waals surface area (Å²) in [7, 11) is 2.10. The van der Waals surface area contributed by atoms with Gasteiger partial charge in [-0.05, 0) is 28.7 Å². The first-order chi connectivity index (χ1) is 7.27. The van der Waals surface area contributed by atoms with Gasteiger partial charge in [0, 0.05) is 10.7 Å². The van der Waals surface area contributed by atoms with Gasteiger partial charge in [0.05, 0.1) is 12.7 Å². The van der Waals surface area contributed by atoms with E-state index in [2.05, 4.69) is 9.72 Å². The van der Waals surface area contributed by atoms with Crippen molar-refractivity contribution in [3.63, 3.8) is 0 Å². The molecule has 0 fully saturated rings. The number of rotatable bonds is 3. The lowest BCUT2D eigenvalue weighted by molar-refractivity contribution is 0.149. The largest absolute Gasteiger partial charge is 0.494 e. The Morgan fingerprint density at radius 1 is 1.56 bits per heavy atom. The van der Waals surface area contributed by atoms with Gasteiger partial charge >= 0.3 is 0 Å². The third kappa shape index (κ3) is 2.92. The molecular weight excluding hydrogens is 379 g/mol. The molecule has 16 heavy (non-hydrogen) atoms. The summed E-state index contributed by atoms with van der Waals surface area (Å²) in [5, 5.41) is -0.564. The van der Waals surface area contributed by atoms with Crippen LogP contribution in [0.25, 0.3) is 0 Å². The molecule has 0 aliphatic heterocycles. The van der Waals surface area contributed by atoms with Crippen molar-refractivity contribution in [2.24, 2.45) is 0 Å². The number of aromatic nitrogens is 1. The van der Waals surface area contributed by atoms with Gasteiger partial charge in [0.15, 0.2) is 5.75 Å². The second kappa shape index (κ2) is 4.96. The van der Waals surface area contributed by atoms with E-state index in [0.29, 0.717) is 0 Å². The van der Waals surface area contributed by atoms with E-state index in [-0.39, 0.29) is 9.45 Å². The Morgan fingerprint density at radius 2 is 2.12 bits per heavy atom. The average Bonchev–Trinajstić information content (AvgIpc) is 2.15. The zero-order valence-corrected chi connectivity index (χ0v) is 11.5. The van der Waals surface area contributed by atoms with Crippen molar-refractivity contribution in [2.45, 2.75) is 11.5 Å². The molecular formula is C7H5ClF2INO3S. The molecule has 0 saturated carbocycles. The van der Waals surface area contributed by atoms with Gasteiger partial charge in [-0.15, -0.1) is 0 Å². The van der Waals surface area contributed by atoms with Crippen LogP contribution in [0, 0.1) is 3.70 Å². The van der Waals surface area contributed by atoms with Crippen molar-refractivity contribution < 1.29 is 21.9 Å². The van der Waals surface area contributed by atoms with E-state index in [1.807, 2.05) is 0 Å². The fourth-order valence-corrected chi connectivity index (χ4v) is 2.66. The summed E-state index contributed by atoms with van der Waals surface area (Å²) >= 11 is 1.50. The third-order valence-corrected chi connectivity index (χ3v) is 3.68. The molecule has 0 amide bonds. The zero-order valence-electron chi connectivity index (χ0n) is 7.75. The highest BCUT2D eigenvalue weighted by molar-refractivity contribution is 14.1. The van der Waals surface area contributed by atoms with E-state index in [1.165, 1.54) is 22.6 Å². The molecule has 0 saturated heterocycles. The van der Waals surface area contributed by atoms with Crippen LogP contribution in [0.15, 0.2) is 11.1 Å². The number of hydrogen-bond acceptors (Lipinski definition) is 4. The number of nitrogens with zero attached hydrogens (tertiary/aromatic N) is 1. The fraction of sp³-hybridized carbons (Fsp3) is 0.286. The SMILES string of the molecule is COc1cc(C(F)F)c(I)nc1S(=O)(=O)Cl. The van der Waals surface area contributed by atoms with Crippen molar-refractivity contribution in [3.05, 3.63) is 15.3 Å². The summed E-state index contributed by atoms with van der Waals surface area (Å²) in [6.45, 7) is 0. The minimum atomic E-state index is -4.12. The summed E-state index contributed by atoms with van der Waals surface area (Å²) in [6, 6.07) is 0.911. The first-order valence-electron chi connectivity index (χ1n) is 3.74. The van der Waals surface area contributed by atoms with Crippen molar-refractivity contribution in [1.82, 2.24) is 4.98 Å². The summed E-state index contributed by atoms with van der Waals surface area (Å²) in [4.78, 5) is 3.50. The fourth-order valence-electron chi connectivity index (χ4n) is 0.945. The Balaban J connectivity index is 3.51. The molecule has 0 N–H and O–H groups in total. The number of ether oxygens (including phenoxy) is 1. The maximum Gasteiger partial charge on any atom is 0.282 e. The van der Waals surface area contributed by atoms with Gasteiger partial charge in [0.25, 0.3) is 15.5 Å². The van der Waals surface area contributed by atoms with Crippen LogP contribution >= 0.6 is 33.3 Å². The molecule has 0 spiro atoms. The Hall–Kier alpha value is -0.220. The topological polar surface area (TPSA) is 56.3 Å². The van der Waals surface area contributed by atoms with Gasteiger partial charge in [0.2, 0.25) is 5.03 Å². The van der Waals surface area contributed by atoms with E-state index in [4.69, 9.17) is 10.7 Å². The van der Waals surface area contributed by atoms with Gasteiger partial charge in [-0.25, -0.2) is 22.2 Å². The zero-order chi connectivity index (χ0) is 12.5. The number of halogens is 4. The monoisotopic (exact) mass is 383 g/mol. The van der Waals surface area contributed by atoms with E-state index in [0.717, 1.165) is 13.2 Å². The second-order valence-electron chi connectivity index (χ2n) is 2.61. The smallest absolute Gasteiger partial charge is 0.282 e. The van der Waals surface area contributed by atoms with Gasteiger partial charge in [-0.3, -0.25) is 0 Å². The molecule has 0 bridgehead atoms. The van der Waals surface area contributed by atoms with E-state index in [9.17, 15) is 17.2 Å². The van der Waals surface area contributed by atoms with E-state index < -0.39 is 26.1 Å². The van der Waals surface area contributed by atoms with Crippen molar-refractivity contribution in [1.29, 1.82) is 0 Å². The molecule has 1 aromatic rings. The lowest BCUT2D eigenvalue weighted by Crippen LogP contribution is -2.04. The van der Waals surface area contributed by atoms with Gasteiger partial charge < -0.3 is 4.74 Å². The highest BCUT2D eigenvalue weighted by Crippen LogP contribution is 2.32. The predicted molar refractivity (Wildman–Crippen MR) is 61.5 cm³/mol. The number of methoxy groups -OCH3 is 1. The number of hydrogen-bond donors (Lipinski definition) is 0. The van der Waals surface area contributed by atoms with Crippen molar-refractivity contribution in [2.75, 3.05) is 7.11 Å². The highest BCUT2D eigenvalue weighted by atomic mass is 127. The standard InChI is InChI=1S/C7H5ClF2INO3S/c1-15-4-2-3(5(9)10)6(11)12-7(4)16(8,13)14/h2,5H,1H3. The Bertz CT molecular complexity index is 509. The molecule has 1 heterocycles. The van der Waals surface area contributed by atoms with Crippen molar-refractivity contribution >= 4 is 42.3 Å². The molecule has 1 rings (SSSR count). The minimum Gasteiger partial charge on any atom is -0.494 e. The van der Waals surface area contributed by atoms with Gasteiger partial charge in [-0.2, -0.15) is 0 Å². The average molecular weight is 384 g/mol. The normalized spacial score (nSPS) is 11.9. The Morgan fingerprint density at radius 3 is 2.50 bits per heavy atom. The lowest BCUT2D eigenvalue weighted by Gasteiger charge is -2.09. The van der Waals surface area contributed by atoms with Gasteiger partial charge in [-0.1, -0.05) is 0 Å². The van der Waals surface area contributed by atoms with Gasteiger partial charge in [0.1, 0.15) is 3.70 Å². The molecule has 9 heteroatoms. The molecule has 0 aromatic carbocycles. The summed E-state index contributed by atoms with van der Waals surface area (Å²) < 4.78 is 51.7. The van der Waals surface area contributed by atoms with Crippen LogP contribution in [0.3, 0.4) is 0 Å². The van der Waals surface area contributed by atoms with E-state index in [1.54, 1.807) is 0 Å². The molecule has 90 valence electrons. The molecule has 0 aliphatic rings. The Kier molecular flexibility index (Phi) is 4.29. The Labute approximate surface area is 109 Å². The maximum atomic E-state index is 12.5. The van der Waals surface area contributed by atoms with Crippen LogP contribution in [-0.4, -0.2) is 20.5 Å². The van der Waals surface area contributed by atoms with Crippen LogP contribution in [0.4, 0.5) is 8.78 Å². The molecule has 0 radical (unpaired) electrons. The molecule has 0 unspecified atom stereocenters. The molecule has 1 aromatic heterocycles. The van der Waals surface area contributed by atoms with Crippen LogP contribution in [-0.2, 0) is 9.05 Å². The quantitative estimate of drug-likeness (QED) is 0.457. The minimum absolute atomic E-state index is 0.132.